The van der Waals surface area contributed by atoms with E-state index in [2.05, 4.69) is 51.6 Å². The van der Waals surface area contributed by atoms with Crippen LogP contribution in [-0.4, -0.2) is 47.4 Å². The summed E-state index contributed by atoms with van der Waals surface area (Å²) in [5.41, 5.74) is 2.98. The molecule has 0 amide bonds. The van der Waals surface area contributed by atoms with E-state index in [4.69, 9.17) is 21.1 Å². The summed E-state index contributed by atoms with van der Waals surface area (Å²) in [5, 5.41) is 14.5. The lowest BCUT2D eigenvalue weighted by Gasteiger charge is -2.32. The quantitative estimate of drug-likeness (QED) is 0.234. The minimum atomic E-state index is -0.691. The predicted molar refractivity (Wildman–Crippen MR) is 135 cm³/mol. The van der Waals surface area contributed by atoms with E-state index in [0.29, 0.717) is 26.2 Å². The molecule has 5 nitrogen and oxygen atoms in total. The maximum absolute atomic E-state index is 11.3. The Balaban J connectivity index is 1.70. The minimum absolute atomic E-state index is 0.0681. The largest absolute Gasteiger partial charge is 0.495 e. The topological polar surface area (TPSA) is 63.6 Å². The van der Waals surface area contributed by atoms with Gasteiger partial charge in [-0.25, -0.2) is 4.98 Å². The van der Waals surface area contributed by atoms with Crippen molar-refractivity contribution in [3.8, 4) is 0 Å². The number of pyridine rings is 1. The number of allylic oxidation sites excluding steroid dienone is 2. The van der Waals surface area contributed by atoms with Crippen molar-refractivity contribution in [1.29, 1.82) is 0 Å². The molecule has 0 radical (unpaired) electrons. The zero-order valence-corrected chi connectivity index (χ0v) is 20.9. The van der Waals surface area contributed by atoms with Gasteiger partial charge in [-0.15, -0.1) is 18.2 Å². The number of aliphatic hydroxyl groups is 1. The normalized spacial score (nSPS) is 25.1. The van der Waals surface area contributed by atoms with Crippen molar-refractivity contribution in [2.45, 2.75) is 47.7 Å². The van der Waals surface area contributed by atoms with Gasteiger partial charge in [-0.3, -0.25) is 0 Å². The molecule has 4 unspecified atom stereocenters. The van der Waals surface area contributed by atoms with Gasteiger partial charge in [0.25, 0.3) is 0 Å². The number of aliphatic hydroxyl groups excluding tert-OH is 1. The third-order valence-electron chi connectivity index (χ3n) is 5.48. The van der Waals surface area contributed by atoms with E-state index in [9.17, 15) is 5.11 Å². The van der Waals surface area contributed by atoms with E-state index in [1.807, 2.05) is 32.1 Å². The van der Waals surface area contributed by atoms with Gasteiger partial charge in [0.05, 0.1) is 28.1 Å². The Labute approximate surface area is 203 Å². The molecule has 0 fully saturated rings. The molecule has 2 N–H and O–H groups in total. The molecule has 0 spiro atoms. The summed E-state index contributed by atoms with van der Waals surface area (Å²) < 4.78 is 11.5. The number of nitrogens with zero attached hydrogens (tertiary/aromatic N) is 1. The van der Waals surface area contributed by atoms with Gasteiger partial charge < -0.3 is 19.9 Å². The van der Waals surface area contributed by atoms with Crippen LogP contribution in [0, 0.1) is 0 Å². The maximum Gasteiger partial charge on any atom is 0.130 e. The molecule has 2 heterocycles. The summed E-state index contributed by atoms with van der Waals surface area (Å²) in [4.78, 5) is 4.39. The summed E-state index contributed by atoms with van der Waals surface area (Å²) in [7, 11) is 0. The summed E-state index contributed by atoms with van der Waals surface area (Å²) in [5.74, 6) is 1.59. The minimum Gasteiger partial charge on any atom is -0.495 e. The number of alkyl halides is 2. The maximum atomic E-state index is 11.3. The Kier molecular flexibility index (Phi) is 8.61. The first kappa shape index (κ1) is 24.3. The highest BCUT2D eigenvalue weighted by molar-refractivity contribution is 14.1. The Morgan fingerprint density at radius 3 is 3.10 bits per heavy atom. The molecule has 1 aromatic rings. The zero-order valence-electron chi connectivity index (χ0n) is 18.0. The molecule has 1 aliphatic heterocycles. The highest BCUT2D eigenvalue weighted by Crippen LogP contribution is 2.46. The van der Waals surface area contributed by atoms with Gasteiger partial charge in [0.1, 0.15) is 17.7 Å². The summed E-state index contributed by atoms with van der Waals surface area (Å²) >= 11 is 8.43. The van der Waals surface area contributed by atoms with Crippen LogP contribution in [0.5, 0.6) is 0 Å². The number of rotatable bonds is 10. The second kappa shape index (κ2) is 11.0. The Morgan fingerprint density at radius 2 is 2.35 bits per heavy atom. The molecule has 168 valence electrons. The predicted octanol–water partition coefficient (Wildman–Crippen LogP) is 5.26. The van der Waals surface area contributed by atoms with Gasteiger partial charge in [-0.1, -0.05) is 52.5 Å². The Morgan fingerprint density at radius 1 is 1.55 bits per heavy atom. The number of halogens is 2. The van der Waals surface area contributed by atoms with Crippen molar-refractivity contribution in [2.24, 2.45) is 0 Å². The van der Waals surface area contributed by atoms with Crippen LogP contribution in [0.4, 0.5) is 5.82 Å². The third kappa shape index (κ3) is 5.72. The van der Waals surface area contributed by atoms with Crippen LogP contribution < -0.4 is 5.32 Å². The first-order valence-corrected chi connectivity index (χ1v) is 12.0. The summed E-state index contributed by atoms with van der Waals surface area (Å²) in [6.07, 6.45) is 10.1. The number of hydrogen-bond acceptors (Lipinski definition) is 5. The second-order valence-electron chi connectivity index (χ2n) is 7.78. The standard InChI is InChI=1S/C24H30ClIN2O3/c1-4-18(25)10-8-16(3)14-31-20-11-9-17(13-21(20)30-5-2)22(29)24(26)15-28-23-19(24)7-6-12-27-23/h4,6-9,12-13,18,20,22,29H,1,5,10-11,14-15H2,2-3H3,(H,27,28)/b16-8+. The summed E-state index contributed by atoms with van der Waals surface area (Å²) in [6, 6.07) is 3.93. The molecule has 31 heavy (non-hydrogen) atoms. The number of nitrogens with one attached hydrogen (secondary N) is 1. The van der Waals surface area contributed by atoms with E-state index in [-0.39, 0.29) is 11.5 Å². The van der Waals surface area contributed by atoms with Crippen LogP contribution in [-0.2, 0) is 12.9 Å². The number of hydrogen-bond donors (Lipinski definition) is 2. The van der Waals surface area contributed by atoms with Gasteiger partial charge in [0.2, 0.25) is 0 Å². The number of anilines is 1. The van der Waals surface area contributed by atoms with Crippen molar-refractivity contribution in [2.75, 3.05) is 25.1 Å². The first-order valence-electron chi connectivity index (χ1n) is 10.5. The molecule has 0 bridgehead atoms. The third-order valence-corrected chi connectivity index (χ3v) is 7.39. The Hall–Kier alpha value is -1.35. The van der Waals surface area contributed by atoms with Crippen LogP contribution in [0.2, 0.25) is 0 Å². The van der Waals surface area contributed by atoms with Crippen molar-refractivity contribution >= 4 is 40.0 Å². The fourth-order valence-electron chi connectivity index (χ4n) is 3.72. The lowest BCUT2D eigenvalue weighted by atomic mass is 9.88. The monoisotopic (exact) mass is 556 g/mol. The highest BCUT2D eigenvalue weighted by atomic mass is 127. The van der Waals surface area contributed by atoms with Gasteiger partial charge in [-0.05, 0) is 44.4 Å². The van der Waals surface area contributed by atoms with Crippen molar-refractivity contribution in [1.82, 2.24) is 4.98 Å². The van der Waals surface area contributed by atoms with Crippen LogP contribution >= 0.6 is 34.2 Å². The van der Waals surface area contributed by atoms with Gasteiger partial charge in [0, 0.05) is 18.3 Å². The SMILES string of the molecule is C=CC(Cl)C/C=C(\C)COC1CC=C(C(O)C2(I)CNc3ncccc32)C=C1OCC. The number of ether oxygens (including phenoxy) is 2. The number of fused-ring (bicyclic) bond motifs is 1. The number of aromatic nitrogens is 1. The first-order chi connectivity index (χ1) is 14.9. The molecule has 1 aliphatic carbocycles. The van der Waals surface area contributed by atoms with Crippen molar-refractivity contribution < 1.29 is 14.6 Å². The fourth-order valence-corrected chi connectivity index (χ4v) is 4.79. The molecule has 0 saturated heterocycles. The molecule has 0 aromatic carbocycles. The molecular formula is C24H30ClIN2O3. The van der Waals surface area contributed by atoms with Crippen LogP contribution in [0.25, 0.3) is 0 Å². The van der Waals surface area contributed by atoms with Crippen molar-refractivity contribution in [3.63, 3.8) is 0 Å². The smallest absolute Gasteiger partial charge is 0.130 e. The van der Waals surface area contributed by atoms with E-state index < -0.39 is 9.53 Å². The van der Waals surface area contributed by atoms with E-state index in [1.54, 1.807) is 12.3 Å². The molecule has 0 saturated carbocycles. The van der Waals surface area contributed by atoms with Crippen molar-refractivity contribution in [3.05, 3.63) is 71.7 Å². The molecule has 3 rings (SSSR count). The lowest BCUT2D eigenvalue weighted by Crippen LogP contribution is -2.37. The van der Waals surface area contributed by atoms with Crippen LogP contribution in [0.3, 0.4) is 0 Å². The zero-order chi connectivity index (χ0) is 22.4. The van der Waals surface area contributed by atoms with E-state index in [1.165, 1.54) is 0 Å². The van der Waals surface area contributed by atoms with Crippen LogP contribution in [0.15, 0.2) is 66.1 Å². The Bertz CT molecular complexity index is 885. The van der Waals surface area contributed by atoms with Gasteiger partial charge in [-0.2, -0.15) is 0 Å². The summed E-state index contributed by atoms with van der Waals surface area (Å²) in [6.45, 7) is 9.35. The van der Waals surface area contributed by atoms with E-state index in [0.717, 1.165) is 34.7 Å². The lowest BCUT2D eigenvalue weighted by molar-refractivity contribution is 0.0424. The van der Waals surface area contributed by atoms with Gasteiger partial charge >= 0.3 is 0 Å². The van der Waals surface area contributed by atoms with Gasteiger partial charge in [0.15, 0.2) is 0 Å². The molecule has 2 aliphatic rings. The molecule has 1 aromatic heterocycles. The average molecular weight is 557 g/mol. The fraction of sp³-hybridized carbons (Fsp3) is 0.458. The average Bonchev–Trinajstić information content (AvgIpc) is 3.14. The van der Waals surface area contributed by atoms with Crippen LogP contribution in [0.1, 0.15) is 32.3 Å². The molecule has 4 atom stereocenters. The second-order valence-corrected chi connectivity index (χ2v) is 10.3. The highest BCUT2D eigenvalue weighted by Gasteiger charge is 2.45. The van der Waals surface area contributed by atoms with E-state index >= 15 is 0 Å². The molecule has 7 heteroatoms. The molecular weight excluding hydrogens is 527 g/mol.